The van der Waals surface area contributed by atoms with Crippen molar-refractivity contribution in [1.29, 1.82) is 0 Å². The molecular formula is C24H34N2O4. The van der Waals surface area contributed by atoms with Gasteiger partial charge in [0.15, 0.2) is 5.78 Å². The van der Waals surface area contributed by atoms with Gasteiger partial charge in [0.1, 0.15) is 5.75 Å². The maximum absolute atomic E-state index is 13.2. The molecule has 0 unspecified atom stereocenters. The third-order valence-electron chi connectivity index (χ3n) is 7.63. The summed E-state index contributed by atoms with van der Waals surface area (Å²) in [6.07, 6.45) is 3.88. The number of fused-ring (bicyclic) bond motifs is 1. The van der Waals surface area contributed by atoms with Gasteiger partial charge < -0.3 is 20.8 Å². The van der Waals surface area contributed by atoms with Crippen LogP contribution in [0.2, 0.25) is 0 Å². The first-order chi connectivity index (χ1) is 14.2. The lowest BCUT2D eigenvalue weighted by Gasteiger charge is -2.61. The van der Waals surface area contributed by atoms with E-state index in [4.69, 9.17) is 0 Å². The second-order valence-electron chi connectivity index (χ2n) is 10.0. The molecule has 1 heterocycles. The average Bonchev–Trinajstić information content (AvgIpc) is 2.63. The van der Waals surface area contributed by atoms with Gasteiger partial charge in [0, 0.05) is 30.7 Å². The van der Waals surface area contributed by atoms with Crippen molar-refractivity contribution in [3.63, 3.8) is 0 Å². The van der Waals surface area contributed by atoms with Gasteiger partial charge in [-0.25, -0.2) is 0 Å². The molecule has 0 radical (unpaired) electrons. The van der Waals surface area contributed by atoms with Crippen molar-refractivity contribution in [2.45, 2.75) is 88.8 Å². The number of nitrogens with one attached hydrogen (secondary N) is 2. The van der Waals surface area contributed by atoms with Crippen LogP contribution < -0.4 is 10.6 Å². The van der Waals surface area contributed by atoms with E-state index in [0.29, 0.717) is 25.2 Å². The minimum absolute atomic E-state index is 0.0219. The molecule has 0 aromatic heterocycles. The molecule has 4 atom stereocenters. The minimum Gasteiger partial charge on any atom is -0.508 e. The Hall–Kier alpha value is -1.92. The molecule has 2 fully saturated rings. The summed E-state index contributed by atoms with van der Waals surface area (Å²) in [4.78, 5) is 25.6. The van der Waals surface area contributed by atoms with E-state index >= 15 is 0 Å². The molecule has 1 aliphatic heterocycles. The summed E-state index contributed by atoms with van der Waals surface area (Å²) >= 11 is 0. The second-order valence-corrected chi connectivity index (χ2v) is 10.0. The van der Waals surface area contributed by atoms with E-state index in [1.165, 1.54) is 0 Å². The number of aryl methyl sites for hydroxylation is 1. The quantitative estimate of drug-likeness (QED) is 0.592. The first kappa shape index (κ1) is 21.3. The Labute approximate surface area is 178 Å². The Morgan fingerprint density at radius 3 is 2.87 bits per heavy atom. The van der Waals surface area contributed by atoms with Crippen LogP contribution in [-0.4, -0.2) is 46.1 Å². The van der Waals surface area contributed by atoms with E-state index < -0.39 is 17.1 Å². The van der Waals surface area contributed by atoms with Crippen LogP contribution in [-0.2, 0) is 21.4 Å². The molecule has 4 rings (SSSR count). The van der Waals surface area contributed by atoms with Gasteiger partial charge >= 0.3 is 0 Å². The van der Waals surface area contributed by atoms with Crippen molar-refractivity contribution >= 4 is 11.7 Å². The first-order valence-corrected chi connectivity index (χ1v) is 11.3. The number of Topliss-reactive ketones (excluding diaryl/α,β-unsaturated/α-hetero) is 1. The molecule has 1 aromatic carbocycles. The zero-order chi connectivity index (χ0) is 21.7. The van der Waals surface area contributed by atoms with Crippen molar-refractivity contribution < 1.29 is 19.8 Å². The number of carbonyl (C=O) groups is 2. The summed E-state index contributed by atoms with van der Waals surface area (Å²) < 4.78 is 0. The Balaban J connectivity index is 1.61. The summed E-state index contributed by atoms with van der Waals surface area (Å²) in [5, 5.41) is 28.6. The summed E-state index contributed by atoms with van der Waals surface area (Å²) in [5.74, 6) is 0.582. The van der Waals surface area contributed by atoms with Gasteiger partial charge in [0.2, 0.25) is 5.91 Å². The van der Waals surface area contributed by atoms with E-state index in [1.54, 1.807) is 12.1 Å². The van der Waals surface area contributed by atoms with Gasteiger partial charge in [-0.2, -0.15) is 0 Å². The number of aromatic hydroxyl groups is 1. The van der Waals surface area contributed by atoms with Gasteiger partial charge in [-0.05, 0) is 67.5 Å². The van der Waals surface area contributed by atoms with Crippen molar-refractivity contribution in [2.75, 3.05) is 6.54 Å². The lowest BCUT2D eigenvalue weighted by Crippen LogP contribution is -2.75. The van der Waals surface area contributed by atoms with Crippen LogP contribution in [0.1, 0.15) is 69.1 Å². The zero-order valence-corrected chi connectivity index (χ0v) is 18.3. The molecule has 4 N–H and O–H groups in total. The number of hydrogen-bond acceptors (Lipinski definition) is 5. The second kappa shape index (κ2) is 7.65. The highest BCUT2D eigenvalue weighted by molar-refractivity contribution is 5.91. The third-order valence-corrected chi connectivity index (χ3v) is 7.63. The lowest BCUT2D eigenvalue weighted by atomic mass is 9.49. The summed E-state index contributed by atoms with van der Waals surface area (Å²) in [6, 6.07) is 2.67. The molecule has 164 valence electrons. The molecule has 3 aliphatic rings. The minimum atomic E-state index is -1.14. The highest BCUT2D eigenvalue weighted by Crippen LogP contribution is 2.56. The van der Waals surface area contributed by atoms with Crippen molar-refractivity contribution in [2.24, 2.45) is 5.92 Å². The summed E-state index contributed by atoms with van der Waals surface area (Å²) in [6.45, 7) is 6.95. The number of hydrogen-bond donors (Lipinski definition) is 4. The summed E-state index contributed by atoms with van der Waals surface area (Å²) in [7, 11) is 0. The third kappa shape index (κ3) is 3.34. The van der Waals surface area contributed by atoms with Crippen molar-refractivity contribution in [1.82, 2.24) is 10.6 Å². The van der Waals surface area contributed by atoms with Gasteiger partial charge in [-0.3, -0.25) is 9.59 Å². The molecule has 30 heavy (non-hydrogen) atoms. The molecule has 1 saturated carbocycles. The van der Waals surface area contributed by atoms with Crippen LogP contribution in [0.15, 0.2) is 12.1 Å². The molecule has 0 spiro atoms. The fraction of sp³-hybridized carbons (Fsp3) is 0.667. The van der Waals surface area contributed by atoms with E-state index in [0.717, 1.165) is 36.1 Å². The maximum atomic E-state index is 13.2. The highest BCUT2D eigenvalue weighted by Gasteiger charge is 2.65. The molecular weight excluding hydrogens is 380 g/mol. The van der Waals surface area contributed by atoms with E-state index in [-0.39, 0.29) is 36.3 Å². The van der Waals surface area contributed by atoms with E-state index in [1.807, 2.05) is 6.92 Å². The largest absolute Gasteiger partial charge is 0.508 e. The number of carbonyl (C=O) groups excluding carboxylic acids is 2. The Kier molecular flexibility index (Phi) is 5.43. The number of ketones is 1. The number of amides is 1. The number of piperidine rings is 1. The van der Waals surface area contributed by atoms with Gasteiger partial charge in [0.05, 0.1) is 11.6 Å². The Morgan fingerprint density at radius 2 is 2.13 bits per heavy atom. The molecule has 1 aromatic rings. The van der Waals surface area contributed by atoms with Crippen LogP contribution in [0, 0.1) is 12.8 Å². The number of phenolic OH excluding ortho intramolecular Hbond substituents is 1. The summed E-state index contributed by atoms with van der Waals surface area (Å²) in [5.41, 5.74) is 1.18. The molecule has 6 nitrogen and oxygen atoms in total. The van der Waals surface area contributed by atoms with Crippen molar-refractivity contribution in [3.05, 3.63) is 28.8 Å². The fourth-order valence-corrected chi connectivity index (χ4v) is 6.08. The predicted molar refractivity (Wildman–Crippen MR) is 114 cm³/mol. The normalized spacial score (nSPS) is 32.5. The van der Waals surface area contributed by atoms with Gasteiger partial charge in [0.25, 0.3) is 0 Å². The Morgan fingerprint density at radius 1 is 1.37 bits per heavy atom. The van der Waals surface area contributed by atoms with Gasteiger partial charge in [-0.15, -0.1) is 0 Å². The molecule has 1 amide bonds. The standard InChI is InChI=1S/C24H34N2O4/c1-14(2)5-4-6-22(29)26-19-12-24(30)21-11-17-15(3)9-16(27)10-18(17)23(24,7-8-25-21)13-20(19)28/h9-10,14,19,21,25,27,30H,4-8,11-13H2,1-3H3,(H,26,29)/t19-,21+,23+,24+/m0/s1. The topological polar surface area (TPSA) is 98.7 Å². The monoisotopic (exact) mass is 414 g/mol. The van der Waals surface area contributed by atoms with Crippen LogP contribution in [0.3, 0.4) is 0 Å². The smallest absolute Gasteiger partial charge is 0.220 e. The fourth-order valence-electron chi connectivity index (χ4n) is 6.08. The predicted octanol–water partition coefficient (Wildman–Crippen LogP) is 2.26. The Bertz CT molecular complexity index is 867. The first-order valence-electron chi connectivity index (χ1n) is 11.3. The molecule has 6 heteroatoms. The van der Waals surface area contributed by atoms with Crippen LogP contribution in [0.25, 0.3) is 0 Å². The molecule has 1 saturated heterocycles. The van der Waals surface area contributed by atoms with E-state index in [9.17, 15) is 19.8 Å². The SMILES string of the molecule is Cc1cc(O)cc2c1C[C@H]1NCC[C@@]23CC(=O)[C@@H](NC(=O)CCCC(C)C)C[C@@]13O. The van der Waals surface area contributed by atoms with Crippen LogP contribution >= 0.6 is 0 Å². The highest BCUT2D eigenvalue weighted by atomic mass is 16.3. The van der Waals surface area contributed by atoms with Crippen molar-refractivity contribution in [3.8, 4) is 5.75 Å². The lowest BCUT2D eigenvalue weighted by molar-refractivity contribution is -0.156. The number of aliphatic hydroxyl groups is 1. The number of phenols is 1. The number of rotatable bonds is 5. The zero-order valence-electron chi connectivity index (χ0n) is 18.3. The average molecular weight is 415 g/mol. The molecule has 2 bridgehead atoms. The number of benzene rings is 1. The van der Waals surface area contributed by atoms with Gasteiger partial charge in [-0.1, -0.05) is 20.3 Å². The maximum Gasteiger partial charge on any atom is 0.220 e. The van der Waals surface area contributed by atoms with Crippen LogP contribution in [0.5, 0.6) is 5.75 Å². The van der Waals surface area contributed by atoms with Crippen LogP contribution in [0.4, 0.5) is 0 Å². The van der Waals surface area contributed by atoms with E-state index in [2.05, 4.69) is 24.5 Å². The molecule has 2 aliphatic carbocycles.